The molecule has 1 unspecified atom stereocenters. The minimum absolute atomic E-state index is 0.239. The van der Waals surface area contributed by atoms with Crippen LogP contribution in [0, 0.1) is 5.92 Å². The Morgan fingerprint density at radius 3 is 2.60 bits per heavy atom. The van der Waals surface area contributed by atoms with Crippen LogP contribution in [0.1, 0.15) is 20.8 Å². The molecule has 6 heteroatoms. The topological polar surface area (TPSA) is 69.6 Å². The van der Waals surface area contributed by atoms with Crippen molar-refractivity contribution in [3.05, 3.63) is 11.1 Å². The van der Waals surface area contributed by atoms with Gasteiger partial charge >= 0.3 is 6.09 Å². The van der Waals surface area contributed by atoms with Crippen LogP contribution in [0.25, 0.3) is 0 Å². The highest BCUT2D eigenvalue weighted by molar-refractivity contribution is 8.03. The largest absolute Gasteiger partial charge is 0.465 e. The molecule has 1 aliphatic rings. The summed E-state index contributed by atoms with van der Waals surface area (Å²) in [6.07, 6.45) is 0.509. The minimum Gasteiger partial charge on any atom is -0.465 e. The number of nitrogens with zero attached hydrogens (tertiary/aromatic N) is 1. The van der Waals surface area contributed by atoms with Gasteiger partial charge in [0.15, 0.2) is 5.50 Å². The Balaban J connectivity index is 2.77. The first-order valence-electron chi connectivity index (χ1n) is 4.58. The predicted octanol–water partition coefficient (Wildman–Crippen LogP) is 1.63. The minimum atomic E-state index is -1.06. The molecule has 15 heavy (non-hydrogen) atoms. The molecule has 0 saturated heterocycles. The standard InChI is InChI=1S/C9H14N2O3S/c1-5(2)7-4-11(9(13)14)8(15-7)10-6(3)12/h4-5,8H,1-3H3,(H,10,12)(H,13,14). The molecule has 0 spiro atoms. The lowest BCUT2D eigenvalue weighted by atomic mass is 10.2. The van der Waals surface area contributed by atoms with Gasteiger partial charge in [0.05, 0.1) is 0 Å². The van der Waals surface area contributed by atoms with E-state index in [1.165, 1.54) is 18.7 Å². The van der Waals surface area contributed by atoms with Crippen LogP contribution in [0.15, 0.2) is 11.1 Å². The van der Waals surface area contributed by atoms with E-state index in [9.17, 15) is 9.59 Å². The van der Waals surface area contributed by atoms with Crippen LogP contribution >= 0.6 is 11.8 Å². The van der Waals surface area contributed by atoms with Crippen molar-refractivity contribution < 1.29 is 14.7 Å². The van der Waals surface area contributed by atoms with Crippen molar-refractivity contribution in [3.8, 4) is 0 Å². The van der Waals surface area contributed by atoms with Gasteiger partial charge in [0, 0.05) is 18.0 Å². The number of carboxylic acid groups (broad SMARTS) is 1. The Morgan fingerprint density at radius 2 is 2.20 bits per heavy atom. The van der Waals surface area contributed by atoms with Crippen molar-refractivity contribution in [2.45, 2.75) is 26.3 Å². The molecule has 1 aliphatic heterocycles. The van der Waals surface area contributed by atoms with E-state index in [1.54, 1.807) is 6.20 Å². The normalized spacial score (nSPS) is 20.4. The molecule has 1 heterocycles. The van der Waals surface area contributed by atoms with E-state index in [0.29, 0.717) is 0 Å². The molecular weight excluding hydrogens is 216 g/mol. The maximum absolute atomic E-state index is 10.9. The number of hydrogen-bond donors (Lipinski definition) is 2. The van der Waals surface area contributed by atoms with E-state index in [1.807, 2.05) is 13.8 Å². The number of thioether (sulfide) groups is 1. The van der Waals surface area contributed by atoms with Gasteiger partial charge in [-0.25, -0.2) is 4.79 Å². The van der Waals surface area contributed by atoms with Crippen LogP contribution in [-0.4, -0.2) is 27.5 Å². The van der Waals surface area contributed by atoms with Gasteiger partial charge in [0.25, 0.3) is 0 Å². The van der Waals surface area contributed by atoms with Gasteiger partial charge < -0.3 is 10.4 Å². The maximum Gasteiger partial charge on any atom is 0.413 e. The van der Waals surface area contributed by atoms with E-state index in [0.717, 1.165) is 9.81 Å². The van der Waals surface area contributed by atoms with Gasteiger partial charge in [-0.05, 0) is 5.92 Å². The molecule has 84 valence electrons. The number of amides is 2. The van der Waals surface area contributed by atoms with Crippen molar-refractivity contribution in [2.75, 3.05) is 0 Å². The van der Waals surface area contributed by atoms with Crippen LogP contribution in [0.3, 0.4) is 0 Å². The zero-order chi connectivity index (χ0) is 11.6. The summed E-state index contributed by atoms with van der Waals surface area (Å²) in [5.74, 6) is 0.0211. The fourth-order valence-electron chi connectivity index (χ4n) is 1.13. The fraction of sp³-hybridized carbons (Fsp3) is 0.556. The summed E-state index contributed by atoms with van der Waals surface area (Å²) in [5.41, 5.74) is -0.530. The lowest BCUT2D eigenvalue weighted by Gasteiger charge is -2.19. The van der Waals surface area contributed by atoms with Crippen LogP contribution in [0.5, 0.6) is 0 Å². The van der Waals surface area contributed by atoms with Crippen LogP contribution < -0.4 is 5.32 Å². The van der Waals surface area contributed by atoms with Crippen molar-refractivity contribution in [1.29, 1.82) is 0 Å². The molecule has 1 rings (SSSR count). The molecule has 0 bridgehead atoms. The first kappa shape index (κ1) is 11.9. The summed E-state index contributed by atoms with van der Waals surface area (Å²) in [4.78, 5) is 23.8. The van der Waals surface area contributed by atoms with Crippen molar-refractivity contribution in [2.24, 2.45) is 5.92 Å². The Labute approximate surface area is 92.5 Å². The summed E-state index contributed by atoms with van der Waals surface area (Å²) in [7, 11) is 0. The average Bonchev–Trinajstić information content (AvgIpc) is 2.46. The summed E-state index contributed by atoms with van der Waals surface area (Å²) < 4.78 is 0. The Kier molecular flexibility index (Phi) is 3.62. The van der Waals surface area contributed by atoms with E-state index in [-0.39, 0.29) is 11.8 Å². The second-order valence-corrected chi connectivity index (χ2v) is 4.70. The van der Waals surface area contributed by atoms with Crippen molar-refractivity contribution >= 4 is 23.8 Å². The van der Waals surface area contributed by atoms with E-state index >= 15 is 0 Å². The van der Waals surface area contributed by atoms with Gasteiger partial charge in [-0.2, -0.15) is 0 Å². The Morgan fingerprint density at radius 1 is 1.60 bits per heavy atom. The maximum atomic E-state index is 10.9. The molecule has 0 aromatic heterocycles. The SMILES string of the molecule is CC(=O)NC1SC(C(C)C)=CN1C(=O)O. The van der Waals surface area contributed by atoms with Gasteiger partial charge in [0.1, 0.15) is 0 Å². The quantitative estimate of drug-likeness (QED) is 0.756. The fourth-order valence-corrected chi connectivity index (χ4v) is 2.33. The highest BCUT2D eigenvalue weighted by atomic mass is 32.2. The number of rotatable bonds is 2. The van der Waals surface area contributed by atoms with Crippen molar-refractivity contribution in [3.63, 3.8) is 0 Å². The molecule has 5 nitrogen and oxygen atoms in total. The van der Waals surface area contributed by atoms with E-state index in [4.69, 9.17) is 5.11 Å². The number of hydrogen-bond acceptors (Lipinski definition) is 3. The summed E-state index contributed by atoms with van der Waals surface area (Å²) >= 11 is 1.36. The molecule has 0 radical (unpaired) electrons. The number of carbonyl (C=O) groups is 2. The summed E-state index contributed by atoms with van der Waals surface area (Å²) in [6, 6.07) is 0. The van der Waals surface area contributed by atoms with E-state index < -0.39 is 11.6 Å². The smallest absolute Gasteiger partial charge is 0.413 e. The molecule has 1 atom stereocenters. The average molecular weight is 230 g/mol. The molecule has 0 aromatic rings. The van der Waals surface area contributed by atoms with Gasteiger partial charge in [-0.1, -0.05) is 25.6 Å². The van der Waals surface area contributed by atoms with Crippen LogP contribution in [0.2, 0.25) is 0 Å². The molecule has 2 amide bonds. The first-order valence-corrected chi connectivity index (χ1v) is 5.46. The van der Waals surface area contributed by atoms with Crippen molar-refractivity contribution in [1.82, 2.24) is 10.2 Å². The van der Waals surface area contributed by atoms with Crippen LogP contribution in [-0.2, 0) is 4.79 Å². The third-order valence-corrected chi connectivity index (χ3v) is 3.30. The lowest BCUT2D eigenvalue weighted by molar-refractivity contribution is -0.119. The van der Waals surface area contributed by atoms with E-state index in [2.05, 4.69) is 5.32 Å². The van der Waals surface area contributed by atoms with Gasteiger partial charge in [-0.3, -0.25) is 9.69 Å². The molecule has 2 N–H and O–H groups in total. The Hall–Kier alpha value is -1.17. The number of allylic oxidation sites excluding steroid dienone is 1. The summed E-state index contributed by atoms with van der Waals surface area (Å²) in [6.45, 7) is 5.33. The van der Waals surface area contributed by atoms with Crippen LogP contribution in [0.4, 0.5) is 4.79 Å². The Bertz CT molecular complexity index is 314. The first-order chi connectivity index (χ1) is 6.91. The number of carbonyl (C=O) groups excluding carboxylic acids is 1. The zero-order valence-electron chi connectivity index (χ0n) is 8.85. The monoisotopic (exact) mass is 230 g/mol. The third kappa shape index (κ3) is 2.89. The highest BCUT2D eigenvalue weighted by Crippen LogP contribution is 2.35. The second kappa shape index (κ2) is 4.57. The van der Waals surface area contributed by atoms with Gasteiger partial charge in [0.2, 0.25) is 5.91 Å². The number of nitrogens with one attached hydrogen (secondary N) is 1. The second-order valence-electron chi connectivity index (χ2n) is 3.55. The molecular formula is C9H14N2O3S. The lowest BCUT2D eigenvalue weighted by Crippen LogP contribution is -2.42. The molecule has 0 saturated carbocycles. The van der Waals surface area contributed by atoms with Gasteiger partial charge in [-0.15, -0.1) is 0 Å². The summed E-state index contributed by atoms with van der Waals surface area (Å²) in [5, 5.41) is 11.5. The highest BCUT2D eigenvalue weighted by Gasteiger charge is 2.31. The molecule has 0 aliphatic carbocycles. The molecule has 0 aromatic carbocycles. The predicted molar refractivity (Wildman–Crippen MR) is 58.0 cm³/mol. The zero-order valence-corrected chi connectivity index (χ0v) is 9.67. The third-order valence-electron chi connectivity index (χ3n) is 1.88. The molecule has 0 fully saturated rings.